The topological polar surface area (TPSA) is 89.7 Å². The second-order valence-electron chi connectivity index (χ2n) is 3.83. The van der Waals surface area contributed by atoms with Gasteiger partial charge in [-0.05, 0) is 25.1 Å². The molecule has 0 spiro atoms. The van der Waals surface area contributed by atoms with Crippen molar-refractivity contribution in [1.29, 1.82) is 0 Å². The average molecular weight is 351 g/mol. The van der Waals surface area contributed by atoms with E-state index in [0.29, 0.717) is 11.0 Å². The number of carbonyl (C=O) groups is 1. The Hall–Kier alpha value is -1.12. The molecule has 1 aromatic rings. The van der Waals surface area contributed by atoms with Crippen molar-refractivity contribution in [3.63, 3.8) is 0 Å². The number of hydrogen-bond acceptors (Lipinski definition) is 4. The van der Waals surface area contributed by atoms with Gasteiger partial charge in [-0.2, -0.15) is 0 Å². The van der Waals surface area contributed by atoms with E-state index in [1.807, 2.05) is 6.92 Å². The van der Waals surface area contributed by atoms with Crippen LogP contribution in [0.3, 0.4) is 0 Å². The molecular weight excluding hydrogens is 336 g/mol. The predicted molar refractivity (Wildman–Crippen MR) is 74.3 cm³/mol. The zero-order valence-corrected chi connectivity index (χ0v) is 13.0. The summed E-state index contributed by atoms with van der Waals surface area (Å²) in [4.78, 5) is 12.9. The summed E-state index contributed by atoms with van der Waals surface area (Å²) in [5, 5.41) is 5.09. The summed E-state index contributed by atoms with van der Waals surface area (Å²) in [6.07, 6.45) is 0. The molecule has 0 aliphatic rings. The number of rotatable bonds is 5. The first-order chi connectivity index (χ1) is 8.75. The molecule has 1 rings (SSSR count). The van der Waals surface area contributed by atoms with Gasteiger partial charge in [0, 0.05) is 18.1 Å². The van der Waals surface area contributed by atoms with E-state index in [1.54, 1.807) is 13.1 Å². The largest absolute Gasteiger partial charge is 0.482 e. The van der Waals surface area contributed by atoms with Gasteiger partial charge in [-0.1, -0.05) is 15.9 Å². The number of ether oxygens (including phenoxy) is 1. The lowest BCUT2D eigenvalue weighted by Crippen LogP contribution is -2.31. The summed E-state index contributed by atoms with van der Waals surface area (Å²) in [6, 6.07) is 4.39. The number of primary sulfonamides is 1. The van der Waals surface area contributed by atoms with Gasteiger partial charge >= 0.3 is 0 Å². The van der Waals surface area contributed by atoms with Crippen LogP contribution in [0.4, 0.5) is 0 Å². The van der Waals surface area contributed by atoms with Gasteiger partial charge in [0.15, 0.2) is 6.61 Å². The van der Waals surface area contributed by atoms with Gasteiger partial charge in [0.2, 0.25) is 10.0 Å². The number of benzene rings is 1. The monoisotopic (exact) mass is 350 g/mol. The van der Waals surface area contributed by atoms with Gasteiger partial charge < -0.3 is 9.64 Å². The molecule has 0 saturated carbocycles. The Kier molecular flexibility index (Phi) is 5.33. The molecule has 8 heteroatoms. The number of hydrogen-bond donors (Lipinski definition) is 1. The lowest BCUT2D eigenvalue weighted by molar-refractivity contribution is -0.131. The molecule has 106 valence electrons. The predicted octanol–water partition coefficient (Wildman–Crippen LogP) is 0.954. The van der Waals surface area contributed by atoms with Crippen molar-refractivity contribution in [3.05, 3.63) is 22.7 Å². The molecule has 0 aliphatic heterocycles. The smallest absolute Gasteiger partial charge is 0.260 e. The number of halogens is 1. The van der Waals surface area contributed by atoms with E-state index in [1.165, 1.54) is 17.0 Å². The molecule has 6 nitrogen and oxygen atoms in total. The third-order valence-corrected chi connectivity index (χ3v) is 3.89. The van der Waals surface area contributed by atoms with Crippen LogP contribution in [0.15, 0.2) is 27.6 Å². The molecule has 1 aromatic carbocycles. The number of nitrogens with two attached hydrogens (primary N) is 1. The SMILES string of the molecule is CCN(C)C(=O)COc1ccc(Br)cc1S(N)(=O)=O. The fourth-order valence-corrected chi connectivity index (χ4v) is 2.46. The molecular formula is C11H15BrN2O4S. The first-order valence-electron chi connectivity index (χ1n) is 5.44. The molecule has 0 aliphatic carbocycles. The van der Waals surface area contributed by atoms with Crippen molar-refractivity contribution < 1.29 is 17.9 Å². The third kappa shape index (κ3) is 4.48. The maximum atomic E-state index is 11.6. The molecule has 0 bridgehead atoms. The Bertz CT molecular complexity index is 574. The second kappa shape index (κ2) is 6.36. The summed E-state index contributed by atoms with van der Waals surface area (Å²) >= 11 is 3.15. The van der Waals surface area contributed by atoms with Crippen LogP contribution in [0.2, 0.25) is 0 Å². The molecule has 0 fully saturated rings. The number of amides is 1. The molecule has 0 aromatic heterocycles. The van der Waals surface area contributed by atoms with Crippen molar-refractivity contribution in [3.8, 4) is 5.75 Å². The molecule has 0 saturated heterocycles. The minimum absolute atomic E-state index is 0.0588. The van der Waals surface area contributed by atoms with Crippen molar-refractivity contribution in [2.75, 3.05) is 20.2 Å². The van der Waals surface area contributed by atoms with Crippen LogP contribution in [0, 0.1) is 0 Å². The summed E-state index contributed by atoms with van der Waals surface area (Å²) in [5.74, 6) is -0.186. The third-order valence-electron chi connectivity index (χ3n) is 2.46. The van der Waals surface area contributed by atoms with E-state index in [9.17, 15) is 13.2 Å². The van der Waals surface area contributed by atoms with E-state index in [2.05, 4.69) is 15.9 Å². The van der Waals surface area contributed by atoms with E-state index < -0.39 is 10.0 Å². The number of sulfonamides is 1. The fourth-order valence-electron chi connectivity index (χ4n) is 1.25. The Balaban J connectivity index is 2.94. The van der Waals surface area contributed by atoms with Gasteiger partial charge in [0.05, 0.1) is 0 Å². The Labute approximate surface area is 120 Å². The molecule has 1 amide bonds. The lowest BCUT2D eigenvalue weighted by Gasteiger charge is -2.16. The standard InChI is InChI=1S/C11H15BrN2O4S/c1-3-14(2)11(15)7-18-9-5-4-8(12)6-10(9)19(13,16)17/h4-6H,3,7H2,1-2H3,(H2,13,16,17). The van der Waals surface area contributed by atoms with E-state index >= 15 is 0 Å². The van der Waals surface area contributed by atoms with Crippen LogP contribution < -0.4 is 9.88 Å². The highest BCUT2D eigenvalue weighted by atomic mass is 79.9. The molecule has 2 N–H and O–H groups in total. The molecule has 0 heterocycles. The average Bonchev–Trinajstić information content (AvgIpc) is 2.34. The molecule has 19 heavy (non-hydrogen) atoms. The van der Waals surface area contributed by atoms with Crippen molar-refractivity contribution in [2.24, 2.45) is 5.14 Å². The number of likely N-dealkylation sites (N-methyl/N-ethyl adjacent to an activating group) is 1. The first kappa shape index (κ1) is 15.9. The summed E-state index contributed by atoms with van der Waals surface area (Å²) < 4.78 is 28.6. The van der Waals surface area contributed by atoms with E-state index in [0.717, 1.165) is 0 Å². The minimum Gasteiger partial charge on any atom is -0.482 e. The summed E-state index contributed by atoms with van der Waals surface area (Å²) in [5.41, 5.74) is 0. The Morgan fingerprint density at radius 3 is 2.63 bits per heavy atom. The highest BCUT2D eigenvalue weighted by molar-refractivity contribution is 9.10. The van der Waals surface area contributed by atoms with Gasteiger partial charge in [0.25, 0.3) is 5.91 Å². The first-order valence-corrected chi connectivity index (χ1v) is 7.78. The van der Waals surface area contributed by atoms with Gasteiger partial charge in [-0.25, -0.2) is 13.6 Å². The van der Waals surface area contributed by atoms with E-state index in [-0.39, 0.29) is 23.2 Å². The fraction of sp³-hybridized carbons (Fsp3) is 0.364. The molecule has 0 atom stereocenters. The highest BCUT2D eigenvalue weighted by Crippen LogP contribution is 2.26. The molecule has 0 unspecified atom stereocenters. The zero-order valence-electron chi connectivity index (χ0n) is 10.6. The quantitative estimate of drug-likeness (QED) is 0.855. The minimum atomic E-state index is -3.91. The van der Waals surface area contributed by atoms with E-state index in [4.69, 9.17) is 9.88 Å². The normalized spacial score (nSPS) is 11.2. The van der Waals surface area contributed by atoms with Crippen LogP contribution in [0.1, 0.15) is 6.92 Å². The number of nitrogens with zero attached hydrogens (tertiary/aromatic N) is 1. The van der Waals surface area contributed by atoms with Gasteiger partial charge in [-0.3, -0.25) is 4.79 Å². The van der Waals surface area contributed by atoms with Gasteiger partial charge in [0.1, 0.15) is 10.6 Å². The maximum Gasteiger partial charge on any atom is 0.260 e. The maximum absolute atomic E-state index is 11.6. The van der Waals surface area contributed by atoms with Crippen molar-refractivity contribution in [1.82, 2.24) is 4.90 Å². The Morgan fingerprint density at radius 2 is 2.11 bits per heavy atom. The highest BCUT2D eigenvalue weighted by Gasteiger charge is 2.17. The molecule has 0 radical (unpaired) electrons. The van der Waals surface area contributed by atoms with Crippen LogP contribution in [0.5, 0.6) is 5.75 Å². The van der Waals surface area contributed by atoms with Crippen molar-refractivity contribution >= 4 is 31.9 Å². The lowest BCUT2D eigenvalue weighted by atomic mass is 10.3. The van der Waals surface area contributed by atoms with Crippen LogP contribution in [-0.4, -0.2) is 39.4 Å². The number of carbonyl (C=O) groups excluding carboxylic acids is 1. The van der Waals surface area contributed by atoms with Gasteiger partial charge in [-0.15, -0.1) is 0 Å². The van der Waals surface area contributed by atoms with Crippen LogP contribution >= 0.6 is 15.9 Å². The van der Waals surface area contributed by atoms with Crippen LogP contribution in [-0.2, 0) is 14.8 Å². The summed E-state index contributed by atoms with van der Waals surface area (Å²) in [6.45, 7) is 2.13. The zero-order chi connectivity index (χ0) is 14.6. The second-order valence-corrected chi connectivity index (χ2v) is 6.28. The Morgan fingerprint density at radius 1 is 1.47 bits per heavy atom. The van der Waals surface area contributed by atoms with Crippen LogP contribution in [0.25, 0.3) is 0 Å². The van der Waals surface area contributed by atoms with Crippen molar-refractivity contribution in [2.45, 2.75) is 11.8 Å². The summed E-state index contributed by atoms with van der Waals surface area (Å²) in [7, 11) is -2.28.